The molecular formula is C23H30F3N5O2. The van der Waals surface area contributed by atoms with Crippen molar-refractivity contribution >= 4 is 23.4 Å². The average Bonchev–Trinajstić information content (AvgIpc) is 3.16. The number of halogens is 3. The van der Waals surface area contributed by atoms with E-state index in [4.69, 9.17) is 10.5 Å². The van der Waals surface area contributed by atoms with Crippen LogP contribution in [0.25, 0.3) is 11.1 Å². The summed E-state index contributed by atoms with van der Waals surface area (Å²) in [5.74, 6) is 0.396. The molecular weight excluding hydrogens is 435 g/mol. The summed E-state index contributed by atoms with van der Waals surface area (Å²) in [5, 5.41) is 6.05. The highest BCUT2D eigenvalue weighted by molar-refractivity contribution is 5.91. The zero-order valence-electron chi connectivity index (χ0n) is 19.0. The fraction of sp³-hybridized carbons (Fsp3) is 0.478. The van der Waals surface area contributed by atoms with Gasteiger partial charge in [0.25, 0.3) is 0 Å². The van der Waals surface area contributed by atoms with Crippen LogP contribution in [-0.4, -0.2) is 54.9 Å². The Hall–Kier alpha value is -3.01. The Balaban J connectivity index is 1.74. The van der Waals surface area contributed by atoms with Gasteiger partial charge in [0, 0.05) is 38.3 Å². The fourth-order valence-electron chi connectivity index (χ4n) is 4.05. The number of ether oxygens (including phenoxy) is 1. The minimum Gasteiger partial charge on any atom is -0.384 e. The Bertz CT molecular complexity index is 983. The molecule has 1 fully saturated rings. The number of nitrogens with one attached hydrogen (secondary N) is 2. The van der Waals surface area contributed by atoms with Gasteiger partial charge < -0.3 is 26.0 Å². The summed E-state index contributed by atoms with van der Waals surface area (Å²) in [4.78, 5) is 18.4. The molecule has 2 amide bonds. The minimum atomic E-state index is -4.22. The highest BCUT2D eigenvalue weighted by Gasteiger charge is 2.36. The number of aryl methyl sites for hydroxylation is 1. The molecule has 1 aliphatic heterocycles. The van der Waals surface area contributed by atoms with Gasteiger partial charge in [-0.25, -0.2) is 9.78 Å². The number of nitrogens with zero attached hydrogens (tertiary/aromatic N) is 2. The maximum atomic E-state index is 12.6. The average molecular weight is 466 g/mol. The number of hydrogen-bond acceptors (Lipinski definition) is 5. The summed E-state index contributed by atoms with van der Waals surface area (Å²) in [6.45, 7) is 4.82. The highest BCUT2D eigenvalue weighted by Crippen LogP contribution is 2.32. The van der Waals surface area contributed by atoms with E-state index in [1.807, 2.05) is 32.0 Å². The van der Waals surface area contributed by atoms with Gasteiger partial charge in [0.2, 0.25) is 0 Å². The molecule has 1 aliphatic rings. The Morgan fingerprint density at radius 3 is 2.79 bits per heavy atom. The number of benzene rings is 1. The van der Waals surface area contributed by atoms with Gasteiger partial charge in [0.05, 0.1) is 6.61 Å². The molecule has 7 nitrogen and oxygen atoms in total. The van der Waals surface area contributed by atoms with E-state index in [1.165, 1.54) is 4.90 Å². The van der Waals surface area contributed by atoms with Crippen LogP contribution < -0.4 is 16.4 Å². The molecule has 0 bridgehead atoms. The quantitative estimate of drug-likeness (QED) is 0.541. The highest BCUT2D eigenvalue weighted by atomic mass is 19.4. The molecule has 1 aromatic carbocycles. The van der Waals surface area contributed by atoms with Gasteiger partial charge >= 0.3 is 12.2 Å². The van der Waals surface area contributed by atoms with Crippen molar-refractivity contribution in [2.75, 3.05) is 43.2 Å². The summed E-state index contributed by atoms with van der Waals surface area (Å²) < 4.78 is 43.1. The molecule has 0 unspecified atom stereocenters. The summed E-state index contributed by atoms with van der Waals surface area (Å²) in [7, 11) is 1.62. The van der Waals surface area contributed by atoms with E-state index < -0.39 is 24.5 Å². The summed E-state index contributed by atoms with van der Waals surface area (Å²) >= 11 is 0. The molecule has 0 radical (unpaired) electrons. The molecule has 1 saturated heterocycles. The molecule has 0 saturated carbocycles. The number of likely N-dealkylation sites (tertiary alicyclic amines) is 1. The lowest BCUT2D eigenvalue weighted by Gasteiger charge is -2.19. The van der Waals surface area contributed by atoms with Crippen LogP contribution in [0.1, 0.15) is 25.3 Å². The van der Waals surface area contributed by atoms with Gasteiger partial charge in [0.15, 0.2) is 0 Å². The molecule has 1 aromatic heterocycles. The monoisotopic (exact) mass is 465 g/mol. The number of carbonyl (C=O) groups is 1. The topological polar surface area (TPSA) is 92.5 Å². The van der Waals surface area contributed by atoms with Crippen molar-refractivity contribution in [3.05, 3.63) is 35.9 Å². The summed E-state index contributed by atoms with van der Waals surface area (Å²) in [6.07, 6.45) is -4.74. The lowest BCUT2D eigenvalue weighted by Crippen LogP contribution is -2.33. The van der Waals surface area contributed by atoms with Crippen LogP contribution in [0.4, 0.5) is 35.3 Å². The number of carbonyl (C=O) groups excluding carboxylic acids is 1. The van der Waals surface area contributed by atoms with Gasteiger partial charge in [-0.2, -0.15) is 13.2 Å². The summed E-state index contributed by atoms with van der Waals surface area (Å²) in [6, 6.07) is 8.72. The number of amides is 2. The van der Waals surface area contributed by atoms with Crippen LogP contribution in [0.3, 0.4) is 0 Å². The van der Waals surface area contributed by atoms with Crippen LogP contribution in [0.15, 0.2) is 30.3 Å². The van der Waals surface area contributed by atoms with Crippen LogP contribution >= 0.6 is 0 Å². The predicted molar refractivity (Wildman–Crippen MR) is 123 cm³/mol. The largest absolute Gasteiger partial charge is 0.389 e. The number of hydrogen-bond donors (Lipinski definition) is 3. The van der Waals surface area contributed by atoms with Crippen molar-refractivity contribution in [3.8, 4) is 11.1 Å². The molecule has 2 heterocycles. The molecule has 33 heavy (non-hydrogen) atoms. The fourth-order valence-corrected chi connectivity index (χ4v) is 4.05. The number of urea groups is 1. The Morgan fingerprint density at radius 1 is 1.33 bits per heavy atom. The second-order valence-electron chi connectivity index (χ2n) is 8.55. The SMILES string of the molecule is COC[C@@H](C)Nc1cc(-c2cc(NC(=O)N3CC[C@@H](CC(F)(F)F)C3)ccc2C)cc(N)n1. The number of methoxy groups -OCH3 is 1. The molecule has 2 aromatic rings. The molecule has 180 valence electrons. The van der Waals surface area contributed by atoms with E-state index in [1.54, 1.807) is 19.2 Å². The van der Waals surface area contributed by atoms with E-state index >= 15 is 0 Å². The molecule has 0 aliphatic carbocycles. The van der Waals surface area contributed by atoms with E-state index in [0.29, 0.717) is 36.9 Å². The first kappa shape index (κ1) is 24.6. The van der Waals surface area contributed by atoms with Gasteiger partial charge in [-0.3, -0.25) is 0 Å². The van der Waals surface area contributed by atoms with Crippen LogP contribution in [0, 0.1) is 12.8 Å². The standard InChI is InChI=1S/C23H30F3N5O2/c1-14-4-5-18(29-22(32)31-7-6-16(12-31)11-23(24,25)26)10-19(14)17-8-20(27)30-21(9-17)28-15(2)13-33-3/h4-5,8-10,15-16H,6-7,11-13H2,1-3H3,(H,29,32)(H3,27,28,30)/t15-,16+/m1/s1. The zero-order chi connectivity index (χ0) is 24.2. The first-order valence-electron chi connectivity index (χ1n) is 10.8. The predicted octanol–water partition coefficient (Wildman–Crippen LogP) is 4.89. The van der Waals surface area contributed by atoms with E-state index in [-0.39, 0.29) is 12.6 Å². The molecule has 0 spiro atoms. The minimum absolute atomic E-state index is 0.0329. The third-order valence-corrected chi connectivity index (χ3v) is 5.55. The number of nitrogen functional groups attached to an aromatic ring is 1. The third-order valence-electron chi connectivity index (χ3n) is 5.55. The first-order valence-corrected chi connectivity index (χ1v) is 10.8. The van der Waals surface area contributed by atoms with Crippen molar-refractivity contribution in [1.82, 2.24) is 9.88 Å². The number of pyridine rings is 1. The van der Waals surface area contributed by atoms with Gasteiger partial charge in [-0.05, 0) is 67.1 Å². The first-order chi connectivity index (χ1) is 15.5. The van der Waals surface area contributed by atoms with Crippen LogP contribution in [-0.2, 0) is 4.74 Å². The van der Waals surface area contributed by atoms with Crippen LogP contribution in [0.2, 0.25) is 0 Å². The Labute approximate surface area is 191 Å². The molecule has 3 rings (SSSR count). The van der Waals surface area contributed by atoms with E-state index in [0.717, 1.165) is 16.7 Å². The number of aromatic nitrogens is 1. The number of alkyl halides is 3. The maximum Gasteiger partial charge on any atom is 0.389 e. The van der Waals surface area contributed by atoms with E-state index in [9.17, 15) is 18.0 Å². The lowest BCUT2D eigenvalue weighted by atomic mass is 10.0. The van der Waals surface area contributed by atoms with Crippen LogP contribution in [0.5, 0.6) is 0 Å². The number of anilines is 3. The van der Waals surface area contributed by atoms with Crippen molar-refractivity contribution in [1.29, 1.82) is 0 Å². The Kier molecular flexibility index (Phi) is 7.68. The summed E-state index contributed by atoms with van der Waals surface area (Å²) in [5.41, 5.74) is 9.23. The van der Waals surface area contributed by atoms with Crippen molar-refractivity contribution < 1.29 is 22.7 Å². The van der Waals surface area contributed by atoms with Crippen molar-refractivity contribution in [2.24, 2.45) is 5.92 Å². The number of nitrogens with two attached hydrogens (primary N) is 1. The normalized spacial score (nSPS) is 17.2. The van der Waals surface area contributed by atoms with Crippen molar-refractivity contribution in [2.45, 2.75) is 38.9 Å². The second-order valence-corrected chi connectivity index (χ2v) is 8.55. The number of rotatable bonds is 7. The third kappa shape index (κ3) is 6.98. The molecule has 10 heteroatoms. The van der Waals surface area contributed by atoms with Crippen molar-refractivity contribution in [3.63, 3.8) is 0 Å². The van der Waals surface area contributed by atoms with Gasteiger partial charge in [0.1, 0.15) is 11.6 Å². The smallest absolute Gasteiger partial charge is 0.384 e. The maximum absolute atomic E-state index is 12.6. The second kappa shape index (κ2) is 10.3. The lowest BCUT2D eigenvalue weighted by molar-refractivity contribution is -0.143. The molecule has 2 atom stereocenters. The Morgan fingerprint density at radius 2 is 2.09 bits per heavy atom. The zero-order valence-corrected chi connectivity index (χ0v) is 19.0. The molecule has 4 N–H and O–H groups in total. The van der Waals surface area contributed by atoms with Gasteiger partial charge in [-0.15, -0.1) is 0 Å². The van der Waals surface area contributed by atoms with E-state index in [2.05, 4.69) is 15.6 Å². The van der Waals surface area contributed by atoms with Gasteiger partial charge in [-0.1, -0.05) is 6.07 Å².